The van der Waals surface area contributed by atoms with Crippen LogP contribution >= 0.6 is 0 Å². The van der Waals surface area contributed by atoms with E-state index in [0.717, 1.165) is 47.1 Å². The lowest BCUT2D eigenvalue weighted by Crippen LogP contribution is -2.58. The fourth-order valence-electron chi connectivity index (χ4n) is 4.73. The number of nitrogens with zero attached hydrogens (tertiary/aromatic N) is 2. The fraction of sp³-hybridized carbons (Fsp3) is 0.280. The highest BCUT2D eigenvalue weighted by Gasteiger charge is 2.37. The number of aromatic nitrogens is 3. The van der Waals surface area contributed by atoms with E-state index in [1.165, 1.54) is 18.2 Å². The van der Waals surface area contributed by atoms with Gasteiger partial charge >= 0.3 is 0 Å². The molecule has 0 spiro atoms. The first-order chi connectivity index (χ1) is 15.5. The average Bonchev–Trinajstić information content (AvgIpc) is 3.49. The minimum absolute atomic E-state index is 0.0575. The van der Waals surface area contributed by atoms with Gasteiger partial charge in [-0.25, -0.2) is 8.78 Å². The van der Waals surface area contributed by atoms with Gasteiger partial charge in [0.05, 0.1) is 5.52 Å². The standard InChI is InChI=1S/C25H25F2N5/c26-20-7-3-16(4-8-20)14-25(28,24-2-1-11-29-24)15-19-12-17(5-9-21(19)27)18-6-10-22-23(13-18)31-32-30-22/h3-10,12-13,24,29H,1-2,11,14-15,28H2,(H,30,31,32). The van der Waals surface area contributed by atoms with Crippen molar-refractivity contribution in [2.45, 2.75) is 37.3 Å². The van der Waals surface area contributed by atoms with Gasteiger partial charge in [-0.3, -0.25) is 5.10 Å². The van der Waals surface area contributed by atoms with Gasteiger partial charge in [-0.1, -0.05) is 29.5 Å². The molecule has 0 aliphatic carbocycles. The molecule has 164 valence electrons. The van der Waals surface area contributed by atoms with Gasteiger partial charge in [0.1, 0.15) is 17.2 Å². The van der Waals surface area contributed by atoms with Gasteiger partial charge in [-0.2, -0.15) is 0 Å². The summed E-state index contributed by atoms with van der Waals surface area (Å²) in [6, 6.07) is 17.4. The predicted octanol–water partition coefficient (Wildman–Crippen LogP) is 4.14. The number of benzene rings is 3. The lowest BCUT2D eigenvalue weighted by atomic mass is 9.78. The van der Waals surface area contributed by atoms with Crippen molar-refractivity contribution in [3.63, 3.8) is 0 Å². The smallest absolute Gasteiger partial charge is 0.126 e. The van der Waals surface area contributed by atoms with Crippen molar-refractivity contribution in [3.8, 4) is 11.1 Å². The zero-order chi connectivity index (χ0) is 22.1. The van der Waals surface area contributed by atoms with Crippen LogP contribution in [0.3, 0.4) is 0 Å². The third kappa shape index (κ3) is 4.13. The molecule has 1 aromatic heterocycles. The van der Waals surface area contributed by atoms with Crippen molar-refractivity contribution in [3.05, 3.63) is 83.4 Å². The Morgan fingerprint density at radius 1 is 0.969 bits per heavy atom. The third-order valence-electron chi connectivity index (χ3n) is 6.43. The minimum Gasteiger partial charge on any atom is -0.323 e. The molecule has 0 amide bonds. The second kappa shape index (κ2) is 8.41. The van der Waals surface area contributed by atoms with Gasteiger partial charge in [0.15, 0.2) is 0 Å². The van der Waals surface area contributed by atoms with Crippen LogP contribution in [-0.4, -0.2) is 33.5 Å². The summed E-state index contributed by atoms with van der Waals surface area (Å²) < 4.78 is 28.3. The highest BCUT2D eigenvalue weighted by Crippen LogP contribution is 2.30. The molecule has 0 radical (unpaired) electrons. The van der Waals surface area contributed by atoms with Crippen LogP contribution < -0.4 is 11.1 Å². The van der Waals surface area contributed by atoms with Crippen molar-refractivity contribution < 1.29 is 8.78 Å². The van der Waals surface area contributed by atoms with Gasteiger partial charge in [0, 0.05) is 11.6 Å². The van der Waals surface area contributed by atoms with E-state index in [4.69, 9.17) is 5.73 Å². The number of aromatic amines is 1. The largest absolute Gasteiger partial charge is 0.323 e. The van der Waals surface area contributed by atoms with E-state index in [1.54, 1.807) is 18.2 Å². The summed E-state index contributed by atoms with van der Waals surface area (Å²) in [6.45, 7) is 0.896. The molecular weight excluding hydrogens is 408 g/mol. The van der Waals surface area contributed by atoms with E-state index < -0.39 is 5.54 Å². The van der Waals surface area contributed by atoms with Crippen LogP contribution in [0.2, 0.25) is 0 Å². The van der Waals surface area contributed by atoms with E-state index in [9.17, 15) is 8.78 Å². The van der Waals surface area contributed by atoms with Crippen LogP contribution in [0.5, 0.6) is 0 Å². The van der Waals surface area contributed by atoms with E-state index in [2.05, 4.69) is 20.7 Å². The van der Waals surface area contributed by atoms with Gasteiger partial charge in [-0.05, 0) is 90.9 Å². The average molecular weight is 434 g/mol. The number of rotatable bonds is 6. The molecule has 2 unspecified atom stereocenters. The van der Waals surface area contributed by atoms with Gasteiger partial charge in [0.25, 0.3) is 0 Å². The van der Waals surface area contributed by atoms with E-state index in [-0.39, 0.29) is 17.7 Å². The van der Waals surface area contributed by atoms with E-state index in [1.807, 2.05) is 24.3 Å². The van der Waals surface area contributed by atoms with Crippen LogP contribution in [0.4, 0.5) is 8.78 Å². The van der Waals surface area contributed by atoms with E-state index >= 15 is 0 Å². The lowest BCUT2D eigenvalue weighted by molar-refractivity contribution is 0.310. The number of nitrogens with one attached hydrogen (secondary N) is 2. The van der Waals surface area contributed by atoms with Gasteiger partial charge < -0.3 is 11.1 Å². The second-order valence-electron chi connectivity index (χ2n) is 8.71. The summed E-state index contributed by atoms with van der Waals surface area (Å²) in [5.74, 6) is -0.554. The lowest BCUT2D eigenvalue weighted by Gasteiger charge is -2.36. The number of nitrogens with two attached hydrogens (primary N) is 1. The second-order valence-corrected chi connectivity index (χ2v) is 8.71. The highest BCUT2D eigenvalue weighted by atomic mass is 19.1. The number of fused-ring (bicyclic) bond motifs is 1. The zero-order valence-electron chi connectivity index (χ0n) is 17.6. The molecule has 4 N–H and O–H groups in total. The van der Waals surface area contributed by atoms with Gasteiger partial charge in [-0.15, -0.1) is 5.10 Å². The predicted molar refractivity (Wildman–Crippen MR) is 121 cm³/mol. The van der Waals surface area contributed by atoms with Crippen molar-refractivity contribution in [1.29, 1.82) is 0 Å². The zero-order valence-corrected chi connectivity index (χ0v) is 17.6. The Morgan fingerprint density at radius 2 is 1.75 bits per heavy atom. The molecule has 7 heteroatoms. The molecule has 2 heterocycles. The Balaban J connectivity index is 1.48. The Morgan fingerprint density at radius 3 is 2.53 bits per heavy atom. The first-order valence-corrected chi connectivity index (χ1v) is 10.9. The van der Waals surface area contributed by atoms with Crippen LogP contribution in [0.15, 0.2) is 60.7 Å². The van der Waals surface area contributed by atoms with Crippen LogP contribution in [-0.2, 0) is 12.8 Å². The number of H-pyrrole nitrogens is 1. The van der Waals surface area contributed by atoms with Crippen LogP contribution in [0.25, 0.3) is 22.2 Å². The molecule has 1 aliphatic heterocycles. The minimum atomic E-state index is -0.705. The summed E-state index contributed by atoms with van der Waals surface area (Å²) in [6.07, 6.45) is 2.86. The molecule has 1 aliphatic rings. The topological polar surface area (TPSA) is 79.6 Å². The Bertz CT molecular complexity index is 1230. The van der Waals surface area contributed by atoms with Crippen molar-refractivity contribution in [2.75, 3.05) is 6.54 Å². The first-order valence-electron chi connectivity index (χ1n) is 10.9. The first kappa shape index (κ1) is 20.7. The molecule has 2 atom stereocenters. The highest BCUT2D eigenvalue weighted by molar-refractivity contribution is 5.81. The van der Waals surface area contributed by atoms with Crippen molar-refractivity contribution in [2.24, 2.45) is 5.73 Å². The molecule has 1 saturated heterocycles. The maximum atomic E-state index is 14.9. The maximum Gasteiger partial charge on any atom is 0.126 e. The van der Waals surface area contributed by atoms with Crippen LogP contribution in [0.1, 0.15) is 24.0 Å². The monoisotopic (exact) mass is 433 g/mol. The quantitative estimate of drug-likeness (QED) is 0.427. The molecule has 0 saturated carbocycles. The number of halogens is 2. The summed E-state index contributed by atoms with van der Waals surface area (Å²) in [5.41, 5.74) is 11.2. The SMILES string of the molecule is NC(Cc1ccc(F)cc1)(Cc1cc(-c2ccc3[nH]nnc3c2)ccc1F)C1CCCN1. The Labute approximate surface area is 185 Å². The molecule has 5 rings (SSSR count). The molecule has 32 heavy (non-hydrogen) atoms. The summed E-state index contributed by atoms with van der Waals surface area (Å²) >= 11 is 0. The molecule has 5 nitrogen and oxygen atoms in total. The Hall–Kier alpha value is -3.16. The molecule has 3 aromatic carbocycles. The van der Waals surface area contributed by atoms with Gasteiger partial charge in [0.2, 0.25) is 0 Å². The van der Waals surface area contributed by atoms with Crippen molar-refractivity contribution in [1.82, 2.24) is 20.7 Å². The van der Waals surface area contributed by atoms with Crippen LogP contribution in [0, 0.1) is 11.6 Å². The van der Waals surface area contributed by atoms with E-state index in [0.29, 0.717) is 18.4 Å². The molecule has 1 fully saturated rings. The molecule has 4 aromatic rings. The maximum absolute atomic E-state index is 14.9. The molecular formula is C25H25F2N5. The summed E-state index contributed by atoms with van der Waals surface area (Å²) in [5, 5.41) is 14.2. The normalized spacial score (nSPS) is 18.2. The third-order valence-corrected chi connectivity index (χ3v) is 6.43. The molecule has 0 bridgehead atoms. The summed E-state index contributed by atoms with van der Waals surface area (Å²) in [7, 11) is 0. The Kier molecular flexibility index (Phi) is 5.45. The summed E-state index contributed by atoms with van der Waals surface area (Å²) in [4.78, 5) is 0. The van der Waals surface area contributed by atoms with Crippen molar-refractivity contribution >= 4 is 11.0 Å². The number of hydrogen-bond donors (Lipinski definition) is 3. The fourth-order valence-corrected chi connectivity index (χ4v) is 4.73. The number of hydrogen-bond acceptors (Lipinski definition) is 4.